The third kappa shape index (κ3) is 3.94. The Balaban J connectivity index is 1.86. The average molecular weight is 254 g/mol. The molecule has 0 aromatic heterocycles. The van der Waals surface area contributed by atoms with E-state index in [2.05, 4.69) is 11.9 Å². The van der Waals surface area contributed by atoms with Gasteiger partial charge in [0.15, 0.2) is 0 Å². The van der Waals surface area contributed by atoms with Crippen molar-refractivity contribution in [2.45, 2.75) is 51.0 Å². The van der Waals surface area contributed by atoms with E-state index in [-0.39, 0.29) is 0 Å². The van der Waals surface area contributed by atoms with E-state index < -0.39 is 0 Å². The van der Waals surface area contributed by atoms with Crippen LogP contribution in [0.3, 0.4) is 0 Å². The highest BCUT2D eigenvalue weighted by molar-refractivity contribution is 4.82. The van der Waals surface area contributed by atoms with E-state index >= 15 is 0 Å². The maximum absolute atomic E-state index is 5.99. The van der Waals surface area contributed by atoms with Crippen LogP contribution >= 0.6 is 0 Å². The summed E-state index contributed by atoms with van der Waals surface area (Å²) in [5, 5.41) is 0. The van der Waals surface area contributed by atoms with Crippen LogP contribution in [0.5, 0.6) is 0 Å². The second-order valence-corrected chi connectivity index (χ2v) is 6.20. The Kier molecular flexibility index (Phi) is 5.93. The van der Waals surface area contributed by atoms with Crippen molar-refractivity contribution in [3.05, 3.63) is 0 Å². The smallest absolute Gasteiger partial charge is 0.0469 e. The molecule has 18 heavy (non-hydrogen) atoms. The quantitative estimate of drug-likeness (QED) is 0.782. The number of ether oxygens (including phenoxy) is 1. The largest absolute Gasteiger partial charge is 0.381 e. The van der Waals surface area contributed by atoms with Gasteiger partial charge in [-0.1, -0.05) is 19.3 Å². The molecular weight excluding hydrogens is 224 g/mol. The zero-order valence-corrected chi connectivity index (χ0v) is 11.9. The third-order valence-corrected chi connectivity index (χ3v) is 4.87. The van der Waals surface area contributed by atoms with Gasteiger partial charge in [0.2, 0.25) is 0 Å². The van der Waals surface area contributed by atoms with E-state index in [1.807, 2.05) is 0 Å². The Labute approximate surface area is 112 Å². The first-order valence-corrected chi connectivity index (χ1v) is 7.79. The van der Waals surface area contributed by atoms with Crippen molar-refractivity contribution in [1.82, 2.24) is 4.90 Å². The minimum absolute atomic E-state index is 0.720. The van der Waals surface area contributed by atoms with E-state index in [0.29, 0.717) is 0 Å². The molecule has 2 rings (SSSR count). The highest BCUT2D eigenvalue weighted by Gasteiger charge is 2.27. The number of nitrogens with two attached hydrogens (primary N) is 1. The minimum Gasteiger partial charge on any atom is -0.381 e. The molecule has 1 aliphatic heterocycles. The average Bonchev–Trinajstić information content (AvgIpc) is 2.64. The fourth-order valence-corrected chi connectivity index (χ4v) is 3.69. The van der Waals surface area contributed by atoms with Crippen LogP contribution in [-0.2, 0) is 4.74 Å². The molecule has 2 fully saturated rings. The molecule has 2 atom stereocenters. The van der Waals surface area contributed by atoms with Gasteiger partial charge in [-0.3, -0.25) is 0 Å². The van der Waals surface area contributed by atoms with Gasteiger partial charge in [-0.15, -0.1) is 0 Å². The molecule has 2 unspecified atom stereocenters. The van der Waals surface area contributed by atoms with E-state index in [1.165, 1.54) is 51.5 Å². The van der Waals surface area contributed by atoms with Crippen LogP contribution < -0.4 is 5.73 Å². The first kappa shape index (κ1) is 14.3. The SMILES string of the molecule is CN(CC1CCOCC1)C1CCCCCC1CN. The summed E-state index contributed by atoms with van der Waals surface area (Å²) >= 11 is 0. The maximum Gasteiger partial charge on any atom is 0.0469 e. The van der Waals surface area contributed by atoms with Crippen LogP contribution in [0, 0.1) is 11.8 Å². The summed E-state index contributed by atoms with van der Waals surface area (Å²) in [4.78, 5) is 2.61. The lowest BCUT2D eigenvalue weighted by Crippen LogP contribution is -2.43. The van der Waals surface area contributed by atoms with Gasteiger partial charge in [0.25, 0.3) is 0 Å². The summed E-state index contributed by atoms with van der Waals surface area (Å²) in [5.74, 6) is 1.56. The predicted molar refractivity (Wildman–Crippen MR) is 75.6 cm³/mol. The number of hydrogen-bond donors (Lipinski definition) is 1. The van der Waals surface area contributed by atoms with Gasteiger partial charge < -0.3 is 15.4 Å². The molecule has 0 spiro atoms. The molecule has 1 heterocycles. The molecule has 2 N–H and O–H groups in total. The van der Waals surface area contributed by atoms with Crippen LogP contribution in [-0.4, -0.2) is 44.3 Å². The summed E-state index contributed by atoms with van der Waals surface area (Å²) < 4.78 is 5.45. The molecule has 1 aliphatic carbocycles. The van der Waals surface area contributed by atoms with Gasteiger partial charge in [-0.25, -0.2) is 0 Å². The first-order chi connectivity index (χ1) is 8.81. The molecule has 0 aromatic carbocycles. The van der Waals surface area contributed by atoms with Gasteiger partial charge in [0.05, 0.1) is 0 Å². The van der Waals surface area contributed by atoms with Gasteiger partial charge in [0, 0.05) is 25.8 Å². The Morgan fingerprint density at radius 2 is 1.78 bits per heavy atom. The van der Waals surface area contributed by atoms with Gasteiger partial charge >= 0.3 is 0 Å². The van der Waals surface area contributed by atoms with Crippen molar-refractivity contribution in [3.8, 4) is 0 Å². The lowest BCUT2D eigenvalue weighted by molar-refractivity contribution is 0.0445. The molecular formula is C15H30N2O. The van der Waals surface area contributed by atoms with Gasteiger partial charge in [0.1, 0.15) is 0 Å². The third-order valence-electron chi connectivity index (χ3n) is 4.87. The van der Waals surface area contributed by atoms with Crippen LogP contribution in [0.4, 0.5) is 0 Å². The normalized spacial score (nSPS) is 31.5. The van der Waals surface area contributed by atoms with Crippen molar-refractivity contribution in [2.75, 3.05) is 33.4 Å². The number of rotatable bonds is 4. The molecule has 1 saturated carbocycles. The fraction of sp³-hybridized carbons (Fsp3) is 1.00. The molecule has 0 radical (unpaired) electrons. The highest BCUT2D eigenvalue weighted by atomic mass is 16.5. The summed E-state index contributed by atoms with van der Waals surface area (Å²) in [6, 6.07) is 0.723. The molecule has 3 nitrogen and oxygen atoms in total. The van der Waals surface area contributed by atoms with E-state index in [4.69, 9.17) is 10.5 Å². The highest BCUT2D eigenvalue weighted by Crippen LogP contribution is 2.27. The maximum atomic E-state index is 5.99. The van der Waals surface area contributed by atoms with Crippen LogP contribution in [0.25, 0.3) is 0 Å². The van der Waals surface area contributed by atoms with E-state index in [1.54, 1.807) is 0 Å². The summed E-state index contributed by atoms with van der Waals surface area (Å²) in [6.45, 7) is 4.03. The van der Waals surface area contributed by atoms with Crippen LogP contribution in [0.15, 0.2) is 0 Å². The first-order valence-electron chi connectivity index (χ1n) is 7.79. The second-order valence-electron chi connectivity index (χ2n) is 6.20. The lowest BCUT2D eigenvalue weighted by atomic mass is 9.92. The Hall–Kier alpha value is -0.120. The second kappa shape index (κ2) is 7.46. The zero-order chi connectivity index (χ0) is 12.8. The Morgan fingerprint density at radius 3 is 2.50 bits per heavy atom. The predicted octanol–water partition coefficient (Wildman–Crippen LogP) is 2.25. The molecule has 2 aliphatic rings. The Bertz CT molecular complexity index is 229. The molecule has 0 bridgehead atoms. The lowest BCUT2D eigenvalue weighted by Gasteiger charge is -2.36. The Morgan fingerprint density at radius 1 is 1.06 bits per heavy atom. The fourth-order valence-electron chi connectivity index (χ4n) is 3.69. The monoisotopic (exact) mass is 254 g/mol. The molecule has 0 amide bonds. The molecule has 1 saturated heterocycles. The van der Waals surface area contributed by atoms with Crippen LogP contribution in [0.2, 0.25) is 0 Å². The van der Waals surface area contributed by atoms with Gasteiger partial charge in [-0.05, 0) is 51.1 Å². The zero-order valence-electron chi connectivity index (χ0n) is 11.9. The standard InChI is InChI=1S/C15H30N2O/c1-17(12-13-7-9-18-10-8-13)15-6-4-2-3-5-14(15)11-16/h13-15H,2-12,16H2,1H3. The van der Waals surface area contributed by atoms with Crippen molar-refractivity contribution >= 4 is 0 Å². The van der Waals surface area contributed by atoms with E-state index in [9.17, 15) is 0 Å². The van der Waals surface area contributed by atoms with Crippen molar-refractivity contribution in [3.63, 3.8) is 0 Å². The minimum atomic E-state index is 0.720. The van der Waals surface area contributed by atoms with E-state index in [0.717, 1.165) is 37.6 Å². The molecule has 3 heteroatoms. The molecule has 106 valence electrons. The van der Waals surface area contributed by atoms with Gasteiger partial charge in [-0.2, -0.15) is 0 Å². The topological polar surface area (TPSA) is 38.5 Å². The summed E-state index contributed by atoms with van der Waals surface area (Å²) in [5.41, 5.74) is 5.99. The number of hydrogen-bond acceptors (Lipinski definition) is 3. The van der Waals surface area contributed by atoms with Crippen LogP contribution in [0.1, 0.15) is 44.9 Å². The van der Waals surface area contributed by atoms with Crippen molar-refractivity contribution in [1.29, 1.82) is 0 Å². The summed E-state index contributed by atoms with van der Waals surface area (Å²) in [7, 11) is 2.31. The van der Waals surface area contributed by atoms with Crippen molar-refractivity contribution in [2.24, 2.45) is 17.6 Å². The number of nitrogens with zero attached hydrogens (tertiary/aromatic N) is 1. The molecule has 0 aromatic rings. The van der Waals surface area contributed by atoms with Crippen molar-refractivity contribution < 1.29 is 4.74 Å². The summed E-state index contributed by atoms with van der Waals surface area (Å²) in [6.07, 6.45) is 9.33.